The third-order valence-corrected chi connectivity index (χ3v) is 11.5. The molecule has 11 heteroatoms. The van der Waals surface area contributed by atoms with Crippen LogP contribution in [0.15, 0.2) is 30.5 Å². The highest BCUT2D eigenvalue weighted by molar-refractivity contribution is 6.03. The average molecular weight is 668 g/mol. The lowest BCUT2D eigenvalue weighted by Gasteiger charge is -2.46. The molecule has 1 spiro atoms. The summed E-state index contributed by atoms with van der Waals surface area (Å²) in [5.41, 5.74) is 0.613. The van der Waals surface area contributed by atoms with Crippen LogP contribution < -0.4 is 15.0 Å². The SMILES string of the molecule is C#Cc1c(F)ccc2cc(O)cc(-c3ncc4c(N5CC6CCC(C5)N6)nc(OCCN5CCC6(CCN(CC)CC6)CC5)nc4c3F)c12. The molecule has 2 N–H and O–H groups in total. The van der Waals surface area contributed by atoms with Gasteiger partial charge in [0.25, 0.3) is 0 Å². The molecule has 4 aromatic rings. The van der Waals surface area contributed by atoms with Gasteiger partial charge in [-0.25, -0.2) is 8.78 Å². The van der Waals surface area contributed by atoms with Crippen LogP contribution in [-0.2, 0) is 0 Å². The number of pyridine rings is 1. The number of hydrogen-bond acceptors (Lipinski definition) is 9. The molecule has 2 unspecified atom stereocenters. The van der Waals surface area contributed by atoms with Gasteiger partial charge in [0.2, 0.25) is 0 Å². The molecule has 2 atom stereocenters. The van der Waals surface area contributed by atoms with Crippen LogP contribution in [0.25, 0.3) is 32.9 Å². The number of phenols is 1. The van der Waals surface area contributed by atoms with E-state index in [2.05, 4.69) is 42.8 Å². The van der Waals surface area contributed by atoms with Crippen molar-refractivity contribution in [3.05, 3.63) is 47.7 Å². The number of phenolic OH excluding ortho intramolecular Hbond substituents is 1. The first kappa shape index (κ1) is 32.1. The summed E-state index contributed by atoms with van der Waals surface area (Å²) >= 11 is 0. The summed E-state index contributed by atoms with van der Waals surface area (Å²) in [6.45, 7) is 10.5. The molecule has 0 saturated carbocycles. The zero-order chi connectivity index (χ0) is 33.7. The van der Waals surface area contributed by atoms with Crippen LogP contribution >= 0.6 is 0 Å². The summed E-state index contributed by atoms with van der Waals surface area (Å²) in [6.07, 6.45) is 14.4. The Morgan fingerprint density at radius 2 is 1.73 bits per heavy atom. The first-order valence-corrected chi connectivity index (χ1v) is 17.7. The van der Waals surface area contributed by atoms with Crippen LogP contribution in [0.2, 0.25) is 0 Å². The van der Waals surface area contributed by atoms with Crippen LogP contribution in [-0.4, -0.2) is 101 Å². The molecule has 49 heavy (non-hydrogen) atoms. The van der Waals surface area contributed by atoms with Gasteiger partial charge < -0.3 is 25.0 Å². The van der Waals surface area contributed by atoms with E-state index in [9.17, 15) is 9.50 Å². The second-order valence-electron chi connectivity index (χ2n) is 14.3. The monoisotopic (exact) mass is 667 g/mol. The highest BCUT2D eigenvalue weighted by Crippen LogP contribution is 2.42. The molecule has 8 rings (SSSR count). The molecule has 4 fully saturated rings. The predicted octanol–water partition coefficient (Wildman–Crippen LogP) is 5.33. The average Bonchev–Trinajstić information content (AvgIpc) is 3.46. The minimum atomic E-state index is -0.710. The number of piperazine rings is 1. The van der Waals surface area contributed by atoms with E-state index in [4.69, 9.17) is 16.1 Å². The van der Waals surface area contributed by atoms with Crippen molar-refractivity contribution in [1.29, 1.82) is 0 Å². The van der Waals surface area contributed by atoms with E-state index in [1.54, 1.807) is 6.20 Å². The fraction of sp³-hybridized carbons (Fsp3) is 0.500. The van der Waals surface area contributed by atoms with Crippen molar-refractivity contribution in [2.45, 2.75) is 57.5 Å². The third-order valence-electron chi connectivity index (χ3n) is 11.5. The zero-order valence-electron chi connectivity index (χ0n) is 28.0. The Bertz CT molecular complexity index is 1920. The zero-order valence-corrected chi connectivity index (χ0v) is 28.0. The van der Waals surface area contributed by atoms with Crippen LogP contribution in [0.4, 0.5) is 14.6 Å². The number of piperidine rings is 2. The second-order valence-corrected chi connectivity index (χ2v) is 14.3. The molecular formula is C38H43F2N7O2. The summed E-state index contributed by atoms with van der Waals surface area (Å²) < 4.78 is 37.9. The molecule has 4 saturated heterocycles. The van der Waals surface area contributed by atoms with Gasteiger partial charge in [0.15, 0.2) is 5.82 Å². The number of likely N-dealkylation sites (tertiary alicyclic amines) is 2. The molecule has 256 valence electrons. The quantitative estimate of drug-likeness (QED) is 0.254. The standard InChI is InChI=1S/C38H43F2N7O2/c1-3-28-31(39)8-5-24-19-27(48)20-29(32(24)28)34-33(40)35-30(21-41-34)36(47-22-25-6-7-26(23-47)42-25)44-37(43-35)49-18-17-46-15-11-38(12-16-46)9-13-45(4-2)14-10-38/h1,5,8,19-21,25-26,42,48H,4,6-7,9-18,22-23H2,2H3. The van der Waals surface area contributed by atoms with Crippen molar-refractivity contribution in [1.82, 2.24) is 30.1 Å². The Hall–Kier alpha value is -4.11. The first-order valence-electron chi connectivity index (χ1n) is 17.7. The van der Waals surface area contributed by atoms with Crippen molar-refractivity contribution < 1.29 is 18.6 Å². The normalized spacial score (nSPS) is 22.6. The molecule has 2 aromatic carbocycles. The summed E-state index contributed by atoms with van der Waals surface area (Å²) in [6, 6.07) is 6.36. The van der Waals surface area contributed by atoms with Gasteiger partial charge in [0.1, 0.15) is 35.2 Å². The summed E-state index contributed by atoms with van der Waals surface area (Å²) in [5.74, 6) is 1.56. The Morgan fingerprint density at radius 1 is 1.02 bits per heavy atom. The number of terminal acetylenes is 1. The second kappa shape index (κ2) is 13.0. The van der Waals surface area contributed by atoms with Gasteiger partial charge in [-0.05, 0) is 100 Å². The van der Waals surface area contributed by atoms with Crippen LogP contribution in [0.1, 0.15) is 51.0 Å². The van der Waals surface area contributed by atoms with Crippen molar-refractivity contribution >= 4 is 27.5 Å². The van der Waals surface area contributed by atoms with E-state index >= 15 is 4.39 Å². The van der Waals surface area contributed by atoms with Gasteiger partial charge in [-0.2, -0.15) is 9.97 Å². The van der Waals surface area contributed by atoms with Crippen molar-refractivity contribution in [3.8, 4) is 35.4 Å². The number of rotatable bonds is 7. The predicted molar refractivity (Wildman–Crippen MR) is 187 cm³/mol. The van der Waals surface area contributed by atoms with Crippen LogP contribution in [0, 0.1) is 29.4 Å². The fourth-order valence-electron chi connectivity index (χ4n) is 8.60. The molecule has 0 aliphatic carbocycles. The highest BCUT2D eigenvalue weighted by Gasteiger charge is 2.37. The Kier molecular flexibility index (Phi) is 8.50. The number of benzene rings is 2. The highest BCUT2D eigenvalue weighted by atomic mass is 19.1. The van der Waals surface area contributed by atoms with Crippen LogP contribution in [0.3, 0.4) is 0 Å². The van der Waals surface area contributed by atoms with Gasteiger partial charge in [-0.15, -0.1) is 6.42 Å². The smallest absolute Gasteiger partial charge is 0.319 e. The topological polar surface area (TPSA) is 89.9 Å². The van der Waals surface area contributed by atoms with Crippen molar-refractivity contribution in [3.63, 3.8) is 0 Å². The van der Waals surface area contributed by atoms with E-state index < -0.39 is 11.6 Å². The van der Waals surface area contributed by atoms with Gasteiger partial charge >= 0.3 is 6.01 Å². The number of nitrogens with zero attached hydrogens (tertiary/aromatic N) is 6. The lowest BCUT2D eigenvalue weighted by molar-refractivity contribution is 0.0323. The maximum atomic E-state index is 16.8. The molecule has 4 aliphatic heterocycles. The van der Waals surface area contributed by atoms with E-state index in [-0.39, 0.29) is 34.1 Å². The number of aromatic nitrogens is 3. The number of halogens is 2. The van der Waals surface area contributed by atoms with Gasteiger partial charge in [0, 0.05) is 48.9 Å². The Balaban J connectivity index is 1.10. The number of fused-ring (bicyclic) bond motifs is 4. The van der Waals surface area contributed by atoms with E-state index in [0.29, 0.717) is 46.1 Å². The van der Waals surface area contributed by atoms with Gasteiger partial charge in [-0.3, -0.25) is 9.88 Å². The largest absolute Gasteiger partial charge is 0.508 e. The third kappa shape index (κ3) is 6.04. The number of aromatic hydroxyl groups is 1. The molecule has 9 nitrogen and oxygen atoms in total. The molecular weight excluding hydrogens is 624 g/mol. The minimum absolute atomic E-state index is 0.0208. The summed E-state index contributed by atoms with van der Waals surface area (Å²) in [4.78, 5) is 21.2. The summed E-state index contributed by atoms with van der Waals surface area (Å²) in [5, 5.41) is 15.5. The molecule has 2 bridgehead atoms. The Labute approximate surface area is 285 Å². The maximum absolute atomic E-state index is 16.8. The van der Waals surface area contributed by atoms with Gasteiger partial charge in [0.05, 0.1) is 10.9 Å². The molecule has 0 amide bonds. The van der Waals surface area contributed by atoms with Crippen molar-refractivity contribution in [2.24, 2.45) is 5.41 Å². The van der Waals surface area contributed by atoms with E-state index in [1.165, 1.54) is 63.0 Å². The lowest BCUT2D eigenvalue weighted by Crippen LogP contribution is -2.51. The van der Waals surface area contributed by atoms with Gasteiger partial charge in [-0.1, -0.05) is 18.9 Å². The lowest BCUT2D eigenvalue weighted by atomic mass is 9.71. The Morgan fingerprint density at radius 3 is 2.43 bits per heavy atom. The molecule has 0 radical (unpaired) electrons. The first-order chi connectivity index (χ1) is 23.8. The number of ether oxygens (including phenoxy) is 1. The number of nitrogens with one attached hydrogen (secondary N) is 1. The van der Waals surface area contributed by atoms with E-state index in [0.717, 1.165) is 52.1 Å². The number of anilines is 1. The minimum Gasteiger partial charge on any atom is -0.508 e. The molecule has 2 aromatic heterocycles. The molecule has 4 aliphatic rings. The maximum Gasteiger partial charge on any atom is 0.319 e. The van der Waals surface area contributed by atoms with Crippen molar-refractivity contribution in [2.75, 3.05) is 63.9 Å². The van der Waals surface area contributed by atoms with Crippen LogP contribution in [0.5, 0.6) is 11.8 Å². The van der Waals surface area contributed by atoms with E-state index in [1.807, 2.05) is 0 Å². The number of hydrogen-bond donors (Lipinski definition) is 2. The fourth-order valence-corrected chi connectivity index (χ4v) is 8.60. The molecule has 6 heterocycles. The summed E-state index contributed by atoms with van der Waals surface area (Å²) in [7, 11) is 0.